The number of amides is 1. The van der Waals surface area contributed by atoms with Gasteiger partial charge in [-0.15, -0.1) is 0 Å². The minimum absolute atomic E-state index is 0.0782. The average Bonchev–Trinajstić information content (AvgIpc) is 3.04. The maximum Gasteiger partial charge on any atom is 0.283 e. The number of benzene rings is 2. The minimum Gasteiger partial charge on any atom is -0.282 e. The van der Waals surface area contributed by atoms with Gasteiger partial charge in [0.05, 0.1) is 10.6 Å². The highest BCUT2D eigenvalue weighted by Crippen LogP contribution is 2.33. The van der Waals surface area contributed by atoms with Gasteiger partial charge in [-0.05, 0) is 41.6 Å². The zero-order valence-corrected chi connectivity index (χ0v) is 16.5. The fraction of sp³-hybridized carbons (Fsp3) is 0. The zero-order valence-electron chi connectivity index (χ0n) is 13.4. The molecule has 5 nitrogen and oxygen atoms in total. The van der Waals surface area contributed by atoms with Crippen LogP contribution in [0.3, 0.4) is 0 Å². The first-order chi connectivity index (χ1) is 12.9. The van der Waals surface area contributed by atoms with Crippen molar-refractivity contribution in [1.82, 2.24) is 5.01 Å². The molecular weight excluding hydrogens is 427 g/mol. The lowest BCUT2D eigenvalue weighted by molar-refractivity contribution is -0.114. The predicted octanol–water partition coefficient (Wildman–Crippen LogP) is 5.31. The second-order valence-electron chi connectivity index (χ2n) is 5.57. The SMILES string of the molecule is N=C1/C(=C/c2ccc(Cl)cc2Cl)C(=O)N=C2SC(c3ccccc3Cl)=NN12. The van der Waals surface area contributed by atoms with Crippen LogP contribution in [0.2, 0.25) is 15.1 Å². The van der Waals surface area contributed by atoms with E-state index in [1.54, 1.807) is 24.3 Å². The Bertz CT molecular complexity index is 1090. The van der Waals surface area contributed by atoms with E-state index in [1.807, 2.05) is 18.2 Å². The molecule has 9 heteroatoms. The molecular formula is C18H9Cl3N4OS. The predicted molar refractivity (Wildman–Crippen MR) is 112 cm³/mol. The summed E-state index contributed by atoms with van der Waals surface area (Å²) in [6.07, 6.45) is 1.51. The number of amidine groups is 2. The first kappa shape index (κ1) is 18.3. The van der Waals surface area contributed by atoms with Crippen molar-refractivity contribution in [3.63, 3.8) is 0 Å². The lowest BCUT2D eigenvalue weighted by Gasteiger charge is -2.20. The first-order valence-corrected chi connectivity index (χ1v) is 9.59. The Kier molecular flexibility index (Phi) is 4.82. The van der Waals surface area contributed by atoms with Gasteiger partial charge in [-0.2, -0.15) is 15.1 Å². The van der Waals surface area contributed by atoms with Crippen LogP contribution in [0.1, 0.15) is 11.1 Å². The van der Waals surface area contributed by atoms with Gasteiger partial charge in [-0.25, -0.2) is 0 Å². The molecule has 134 valence electrons. The van der Waals surface area contributed by atoms with Crippen molar-refractivity contribution in [1.29, 1.82) is 5.41 Å². The van der Waals surface area contributed by atoms with Gasteiger partial charge in [0, 0.05) is 15.6 Å². The van der Waals surface area contributed by atoms with Crippen molar-refractivity contribution in [3.05, 3.63) is 74.2 Å². The van der Waals surface area contributed by atoms with Gasteiger partial charge in [-0.3, -0.25) is 10.2 Å². The van der Waals surface area contributed by atoms with E-state index in [9.17, 15) is 4.79 Å². The number of hydrogen-bond donors (Lipinski definition) is 1. The summed E-state index contributed by atoms with van der Waals surface area (Å²) in [5.74, 6) is -0.606. The topological polar surface area (TPSA) is 68.9 Å². The molecule has 0 aromatic heterocycles. The molecule has 2 aliphatic rings. The molecule has 2 aromatic carbocycles. The first-order valence-electron chi connectivity index (χ1n) is 7.64. The van der Waals surface area contributed by atoms with E-state index in [0.717, 1.165) is 0 Å². The number of carbonyl (C=O) groups excluding carboxylic acids is 1. The van der Waals surface area contributed by atoms with Gasteiger partial charge in [-0.1, -0.05) is 59.1 Å². The Morgan fingerprint density at radius 1 is 1.07 bits per heavy atom. The van der Waals surface area contributed by atoms with Crippen LogP contribution in [-0.4, -0.2) is 27.0 Å². The minimum atomic E-state index is -0.527. The Balaban J connectivity index is 1.72. The number of hydrazone groups is 1. The molecule has 0 saturated carbocycles. The number of thioether (sulfide) groups is 1. The van der Waals surface area contributed by atoms with Crippen molar-refractivity contribution in [2.75, 3.05) is 0 Å². The fourth-order valence-electron chi connectivity index (χ4n) is 2.51. The highest BCUT2D eigenvalue weighted by Gasteiger charge is 2.36. The van der Waals surface area contributed by atoms with Crippen LogP contribution in [0.5, 0.6) is 0 Å². The van der Waals surface area contributed by atoms with Gasteiger partial charge >= 0.3 is 0 Å². The largest absolute Gasteiger partial charge is 0.283 e. The summed E-state index contributed by atoms with van der Waals surface area (Å²) in [5.41, 5.74) is 1.37. The van der Waals surface area contributed by atoms with E-state index >= 15 is 0 Å². The van der Waals surface area contributed by atoms with Crippen LogP contribution in [0.15, 0.2) is 58.1 Å². The molecule has 0 atom stereocenters. The molecule has 0 saturated heterocycles. The summed E-state index contributed by atoms with van der Waals surface area (Å²) in [6, 6.07) is 12.1. The second-order valence-corrected chi connectivity index (χ2v) is 7.78. The maximum absolute atomic E-state index is 12.5. The van der Waals surface area contributed by atoms with Gasteiger partial charge < -0.3 is 0 Å². The highest BCUT2D eigenvalue weighted by atomic mass is 35.5. The monoisotopic (exact) mass is 434 g/mol. The molecule has 0 unspecified atom stereocenters. The fourth-order valence-corrected chi connectivity index (χ4v) is 4.18. The van der Waals surface area contributed by atoms with Crippen LogP contribution in [0, 0.1) is 5.41 Å². The van der Waals surface area contributed by atoms with Crippen LogP contribution in [0.4, 0.5) is 0 Å². The summed E-state index contributed by atoms with van der Waals surface area (Å²) >= 11 is 19.5. The molecule has 0 bridgehead atoms. The number of rotatable bonds is 2. The number of carbonyl (C=O) groups is 1. The zero-order chi connectivity index (χ0) is 19.1. The molecule has 2 aromatic rings. The van der Waals surface area contributed by atoms with E-state index in [4.69, 9.17) is 40.2 Å². The lowest BCUT2D eigenvalue weighted by atomic mass is 10.1. The van der Waals surface area contributed by atoms with Gasteiger partial charge in [0.2, 0.25) is 5.17 Å². The molecule has 4 rings (SSSR count). The smallest absolute Gasteiger partial charge is 0.282 e. The third-order valence-corrected chi connectivity index (χ3v) is 5.65. The molecule has 0 aliphatic carbocycles. The Labute approximate surface area is 173 Å². The van der Waals surface area contributed by atoms with Crippen LogP contribution in [-0.2, 0) is 4.79 Å². The third kappa shape index (κ3) is 3.41. The van der Waals surface area contributed by atoms with Crippen molar-refractivity contribution in [2.24, 2.45) is 10.1 Å². The Morgan fingerprint density at radius 2 is 1.85 bits per heavy atom. The third-order valence-electron chi connectivity index (χ3n) is 3.82. The maximum atomic E-state index is 12.5. The molecule has 1 N–H and O–H groups in total. The van der Waals surface area contributed by atoms with Crippen molar-refractivity contribution < 1.29 is 4.79 Å². The summed E-state index contributed by atoms with van der Waals surface area (Å²) in [5, 5.41) is 16.4. The lowest BCUT2D eigenvalue weighted by Crippen LogP contribution is -2.35. The van der Waals surface area contributed by atoms with Crippen LogP contribution >= 0.6 is 46.6 Å². The quantitative estimate of drug-likeness (QED) is 0.650. The second kappa shape index (κ2) is 7.13. The number of hydrogen-bond acceptors (Lipinski definition) is 4. The summed E-state index contributed by atoms with van der Waals surface area (Å²) in [6.45, 7) is 0. The molecule has 2 aliphatic heterocycles. The van der Waals surface area contributed by atoms with E-state index in [1.165, 1.54) is 22.8 Å². The van der Waals surface area contributed by atoms with E-state index in [2.05, 4.69) is 10.1 Å². The van der Waals surface area contributed by atoms with Crippen molar-refractivity contribution in [3.8, 4) is 0 Å². The number of halogens is 3. The summed E-state index contributed by atoms with van der Waals surface area (Å²) in [4.78, 5) is 16.5. The molecule has 1 amide bonds. The van der Waals surface area contributed by atoms with Crippen molar-refractivity contribution in [2.45, 2.75) is 0 Å². The molecule has 2 heterocycles. The number of nitrogens with one attached hydrogen (secondary N) is 1. The Hall–Kier alpha value is -2.12. The number of aliphatic imine (C=N–C) groups is 1. The van der Waals surface area contributed by atoms with E-state index in [-0.39, 0.29) is 11.4 Å². The Morgan fingerprint density at radius 3 is 2.59 bits per heavy atom. The normalized spacial score (nSPS) is 17.9. The summed E-state index contributed by atoms with van der Waals surface area (Å²) in [7, 11) is 0. The van der Waals surface area contributed by atoms with Crippen LogP contribution < -0.4 is 0 Å². The van der Waals surface area contributed by atoms with Crippen molar-refractivity contribution >= 4 is 74.6 Å². The number of nitrogens with zero attached hydrogens (tertiary/aromatic N) is 3. The molecule has 0 radical (unpaired) electrons. The molecule has 0 fully saturated rings. The molecule has 27 heavy (non-hydrogen) atoms. The average molecular weight is 436 g/mol. The van der Waals surface area contributed by atoms with E-state index in [0.29, 0.717) is 36.4 Å². The standard InChI is InChI=1S/C18H9Cl3N4OS/c19-10-6-5-9(14(21)8-10)7-12-15(22)25-18(23-16(12)26)27-17(24-25)11-3-1-2-4-13(11)20/h1-8,22H/b12-7-,22-15?. The number of fused-ring (bicyclic) bond motifs is 1. The summed E-state index contributed by atoms with van der Waals surface area (Å²) < 4.78 is 0. The van der Waals surface area contributed by atoms with Gasteiger partial charge in [0.25, 0.3) is 5.91 Å². The van der Waals surface area contributed by atoms with Gasteiger partial charge in [0.15, 0.2) is 5.84 Å². The highest BCUT2D eigenvalue weighted by molar-refractivity contribution is 8.27. The molecule has 0 spiro atoms. The van der Waals surface area contributed by atoms with Crippen LogP contribution in [0.25, 0.3) is 6.08 Å². The van der Waals surface area contributed by atoms with Gasteiger partial charge in [0.1, 0.15) is 5.04 Å². The van der Waals surface area contributed by atoms with E-state index < -0.39 is 5.91 Å².